The fraction of sp³-hybridized carbons (Fsp3) is 0.562. The Morgan fingerprint density at radius 1 is 1.40 bits per heavy atom. The van der Waals surface area contributed by atoms with Crippen molar-refractivity contribution in [2.75, 3.05) is 19.6 Å². The molecule has 1 fully saturated rings. The van der Waals surface area contributed by atoms with E-state index in [1.165, 1.54) is 35.5 Å². The topological polar surface area (TPSA) is 28.2 Å². The van der Waals surface area contributed by atoms with Crippen molar-refractivity contribution in [3.63, 3.8) is 0 Å². The molecule has 1 unspecified atom stereocenters. The SMILES string of the molecule is CCCN(Cc1nc2ccccc2s1)CC1CCCN1. The second-order valence-electron chi connectivity index (χ2n) is 5.60. The molecule has 1 saturated heterocycles. The van der Waals surface area contributed by atoms with Crippen LogP contribution >= 0.6 is 11.3 Å². The number of rotatable bonds is 6. The minimum Gasteiger partial charge on any atom is -0.313 e. The maximum Gasteiger partial charge on any atom is 0.108 e. The Labute approximate surface area is 125 Å². The van der Waals surface area contributed by atoms with Crippen LogP contribution in [0.1, 0.15) is 31.2 Å². The Morgan fingerprint density at radius 3 is 3.05 bits per heavy atom. The number of para-hydroxylation sites is 1. The zero-order chi connectivity index (χ0) is 13.8. The number of aromatic nitrogens is 1. The number of nitrogens with zero attached hydrogens (tertiary/aromatic N) is 2. The normalized spacial score (nSPS) is 19.2. The largest absolute Gasteiger partial charge is 0.313 e. The van der Waals surface area contributed by atoms with Gasteiger partial charge in [-0.3, -0.25) is 4.90 Å². The van der Waals surface area contributed by atoms with Gasteiger partial charge in [0.05, 0.1) is 16.8 Å². The van der Waals surface area contributed by atoms with Crippen molar-refractivity contribution in [2.24, 2.45) is 0 Å². The molecule has 2 aromatic rings. The summed E-state index contributed by atoms with van der Waals surface area (Å²) in [5.41, 5.74) is 1.14. The quantitative estimate of drug-likeness (QED) is 0.884. The fourth-order valence-corrected chi connectivity index (χ4v) is 3.96. The predicted molar refractivity (Wildman–Crippen MR) is 86.2 cm³/mol. The molecular formula is C16H23N3S. The average molecular weight is 289 g/mol. The highest BCUT2D eigenvalue weighted by atomic mass is 32.1. The van der Waals surface area contributed by atoms with Crippen LogP contribution in [0.15, 0.2) is 24.3 Å². The third-order valence-corrected chi connectivity index (χ3v) is 4.90. The molecule has 0 bridgehead atoms. The number of thiazole rings is 1. The van der Waals surface area contributed by atoms with Crippen molar-refractivity contribution in [3.8, 4) is 0 Å². The van der Waals surface area contributed by atoms with Gasteiger partial charge in [0.25, 0.3) is 0 Å². The maximum atomic E-state index is 4.77. The molecule has 108 valence electrons. The first kappa shape index (κ1) is 14.0. The lowest BCUT2D eigenvalue weighted by atomic mass is 10.2. The van der Waals surface area contributed by atoms with E-state index in [2.05, 4.69) is 41.4 Å². The molecule has 4 heteroatoms. The fourth-order valence-electron chi connectivity index (χ4n) is 2.95. The van der Waals surface area contributed by atoms with Crippen LogP contribution in [0.3, 0.4) is 0 Å². The summed E-state index contributed by atoms with van der Waals surface area (Å²) < 4.78 is 1.30. The van der Waals surface area contributed by atoms with Crippen LogP contribution in [-0.4, -0.2) is 35.6 Å². The lowest BCUT2D eigenvalue weighted by Crippen LogP contribution is -2.37. The zero-order valence-corrected chi connectivity index (χ0v) is 13.0. The van der Waals surface area contributed by atoms with Crippen LogP contribution in [0.25, 0.3) is 10.2 Å². The zero-order valence-electron chi connectivity index (χ0n) is 12.1. The Bertz CT molecular complexity index is 512. The lowest BCUT2D eigenvalue weighted by Gasteiger charge is -2.24. The molecule has 3 nitrogen and oxygen atoms in total. The summed E-state index contributed by atoms with van der Waals surface area (Å²) in [4.78, 5) is 7.32. The molecule has 0 spiro atoms. The first-order valence-electron chi connectivity index (χ1n) is 7.65. The highest BCUT2D eigenvalue weighted by molar-refractivity contribution is 7.18. The van der Waals surface area contributed by atoms with E-state index in [0.29, 0.717) is 6.04 Å². The van der Waals surface area contributed by atoms with Gasteiger partial charge >= 0.3 is 0 Å². The van der Waals surface area contributed by atoms with Crippen LogP contribution in [0, 0.1) is 0 Å². The predicted octanol–water partition coefficient (Wildman–Crippen LogP) is 3.26. The molecule has 1 N–H and O–H groups in total. The Kier molecular flexibility index (Phi) is 4.65. The molecule has 1 aliphatic heterocycles. The van der Waals surface area contributed by atoms with Gasteiger partial charge in [-0.1, -0.05) is 19.1 Å². The summed E-state index contributed by atoms with van der Waals surface area (Å²) in [6, 6.07) is 9.11. The van der Waals surface area contributed by atoms with Gasteiger partial charge in [-0.05, 0) is 44.5 Å². The number of hydrogen-bond acceptors (Lipinski definition) is 4. The summed E-state index contributed by atoms with van der Waals surface area (Å²) in [5.74, 6) is 0. The van der Waals surface area contributed by atoms with E-state index in [-0.39, 0.29) is 0 Å². The van der Waals surface area contributed by atoms with Crippen LogP contribution in [0.4, 0.5) is 0 Å². The maximum absolute atomic E-state index is 4.77. The van der Waals surface area contributed by atoms with E-state index < -0.39 is 0 Å². The third kappa shape index (κ3) is 3.37. The molecule has 3 rings (SSSR count). The number of hydrogen-bond donors (Lipinski definition) is 1. The number of fused-ring (bicyclic) bond motifs is 1. The molecule has 0 saturated carbocycles. The standard InChI is InChI=1S/C16H23N3S/c1-2-10-19(11-13-6-5-9-17-13)12-16-18-14-7-3-4-8-15(14)20-16/h3-4,7-8,13,17H,2,5-6,9-12H2,1H3. The smallest absolute Gasteiger partial charge is 0.108 e. The van der Waals surface area contributed by atoms with Gasteiger partial charge in [0.1, 0.15) is 5.01 Å². The summed E-state index contributed by atoms with van der Waals surface area (Å²) in [6.07, 6.45) is 3.85. The van der Waals surface area contributed by atoms with Gasteiger partial charge in [0.15, 0.2) is 0 Å². The summed E-state index contributed by atoms with van der Waals surface area (Å²) in [6.45, 7) is 6.75. The van der Waals surface area contributed by atoms with Crippen LogP contribution < -0.4 is 5.32 Å². The molecule has 1 aromatic heterocycles. The van der Waals surface area contributed by atoms with E-state index in [1.54, 1.807) is 0 Å². The molecule has 2 heterocycles. The second kappa shape index (κ2) is 6.66. The van der Waals surface area contributed by atoms with Crippen LogP contribution in [0.2, 0.25) is 0 Å². The lowest BCUT2D eigenvalue weighted by molar-refractivity contribution is 0.241. The van der Waals surface area contributed by atoms with Crippen molar-refractivity contribution in [1.29, 1.82) is 0 Å². The molecule has 20 heavy (non-hydrogen) atoms. The highest BCUT2D eigenvalue weighted by Gasteiger charge is 2.18. The molecule has 0 aliphatic carbocycles. The van der Waals surface area contributed by atoms with E-state index in [9.17, 15) is 0 Å². The van der Waals surface area contributed by atoms with Crippen molar-refractivity contribution in [1.82, 2.24) is 15.2 Å². The van der Waals surface area contributed by atoms with Gasteiger partial charge in [-0.25, -0.2) is 4.98 Å². The van der Waals surface area contributed by atoms with E-state index in [1.807, 2.05) is 11.3 Å². The first-order chi connectivity index (χ1) is 9.85. The highest BCUT2D eigenvalue weighted by Crippen LogP contribution is 2.23. The van der Waals surface area contributed by atoms with Gasteiger partial charge in [0, 0.05) is 12.6 Å². The summed E-state index contributed by atoms with van der Waals surface area (Å²) in [5, 5.41) is 4.85. The molecule has 0 radical (unpaired) electrons. The monoisotopic (exact) mass is 289 g/mol. The van der Waals surface area contributed by atoms with Crippen molar-refractivity contribution in [3.05, 3.63) is 29.3 Å². The Hall–Kier alpha value is -0.970. The Morgan fingerprint density at radius 2 is 2.30 bits per heavy atom. The van der Waals surface area contributed by atoms with Crippen molar-refractivity contribution < 1.29 is 0 Å². The van der Waals surface area contributed by atoms with E-state index >= 15 is 0 Å². The van der Waals surface area contributed by atoms with Gasteiger partial charge in [-0.2, -0.15) is 0 Å². The van der Waals surface area contributed by atoms with Crippen molar-refractivity contribution in [2.45, 2.75) is 38.8 Å². The molecule has 1 aromatic carbocycles. The molecule has 1 atom stereocenters. The molecule has 1 aliphatic rings. The van der Waals surface area contributed by atoms with Gasteiger partial charge in [-0.15, -0.1) is 11.3 Å². The minimum absolute atomic E-state index is 0.677. The van der Waals surface area contributed by atoms with Crippen molar-refractivity contribution >= 4 is 21.6 Å². The summed E-state index contributed by atoms with van der Waals surface area (Å²) >= 11 is 1.84. The third-order valence-electron chi connectivity index (χ3n) is 3.88. The van der Waals surface area contributed by atoms with Crippen LogP contribution in [0.5, 0.6) is 0 Å². The first-order valence-corrected chi connectivity index (χ1v) is 8.47. The Balaban J connectivity index is 1.68. The van der Waals surface area contributed by atoms with E-state index in [0.717, 1.165) is 25.2 Å². The van der Waals surface area contributed by atoms with Gasteiger partial charge < -0.3 is 5.32 Å². The van der Waals surface area contributed by atoms with E-state index in [4.69, 9.17) is 4.98 Å². The summed E-state index contributed by atoms with van der Waals surface area (Å²) in [7, 11) is 0. The molecular weight excluding hydrogens is 266 g/mol. The van der Waals surface area contributed by atoms with Crippen LogP contribution in [-0.2, 0) is 6.54 Å². The second-order valence-corrected chi connectivity index (χ2v) is 6.72. The number of benzene rings is 1. The number of nitrogens with one attached hydrogen (secondary N) is 1. The minimum atomic E-state index is 0.677. The van der Waals surface area contributed by atoms with Gasteiger partial charge in [0.2, 0.25) is 0 Å². The molecule has 0 amide bonds. The average Bonchev–Trinajstić information content (AvgIpc) is 3.07.